The summed E-state index contributed by atoms with van der Waals surface area (Å²) < 4.78 is 0. The summed E-state index contributed by atoms with van der Waals surface area (Å²) in [6, 6.07) is 0. The quantitative estimate of drug-likeness (QED) is 0.903. The molecule has 1 N–H and O–H groups in total. The third kappa shape index (κ3) is 4.77. The van der Waals surface area contributed by atoms with Gasteiger partial charge in [0.15, 0.2) is 0 Å². The number of aromatic nitrogens is 3. The minimum atomic E-state index is 0.309. The number of likely N-dealkylation sites (tertiary alicyclic amines) is 2. The van der Waals surface area contributed by atoms with Gasteiger partial charge in [-0.25, -0.2) is 4.98 Å². The van der Waals surface area contributed by atoms with Crippen LogP contribution in [0.2, 0.25) is 0 Å². The lowest BCUT2D eigenvalue weighted by Crippen LogP contribution is -2.39. The van der Waals surface area contributed by atoms with Crippen LogP contribution in [-0.2, 0) is 4.79 Å². The number of carbonyl (C=O) groups excluding carboxylic acids is 1. The summed E-state index contributed by atoms with van der Waals surface area (Å²) in [5.74, 6) is 1.55. The van der Waals surface area contributed by atoms with Gasteiger partial charge in [0.2, 0.25) is 5.91 Å². The molecule has 3 heterocycles. The molecule has 2 fully saturated rings. The van der Waals surface area contributed by atoms with Crippen molar-refractivity contribution in [2.24, 2.45) is 0 Å². The molecule has 1 amide bonds. The van der Waals surface area contributed by atoms with Gasteiger partial charge in [0.1, 0.15) is 12.2 Å². The molecule has 1 aromatic rings. The fourth-order valence-corrected chi connectivity index (χ4v) is 3.81. The number of amides is 1. The first-order valence-corrected chi connectivity index (χ1v) is 9.18. The molecular formula is C17H29N5O. The number of hydrogen-bond donors (Lipinski definition) is 1. The summed E-state index contributed by atoms with van der Waals surface area (Å²) in [6.07, 6.45) is 10.7. The number of piperidine rings is 1. The van der Waals surface area contributed by atoms with Crippen LogP contribution in [-0.4, -0.2) is 63.6 Å². The van der Waals surface area contributed by atoms with Crippen LogP contribution in [0.3, 0.4) is 0 Å². The molecule has 2 aliphatic heterocycles. The molecule has 128 valence electrons. The molecule has 2 saturated heterocycles. The molecule has 3 rings (SSSR count). The predicted octanol–water partition coefficient (Wildman–Crippen LogP) is 2.17. The van der Waals surface area contributed by atoms with E-state index in [0.717, 1.165) is 44.7 Å². The zero-order valence-corrected chi connectivity index (χ0v) is 14.0. The lowest BCUT2D eigenvalue weighted by Gasteiger charge is -2.32. The molecule has 6 heteroatoms. The van der Waals surface area contributed by atoms with E-state index in [1.165, 1.54) is 38.8 Å². The number of nitrogens with one attached hydrogen (secondary N) is 1. The molecule has 0 bridgehead atoms. The molecule has 0 saturated carbocycles. The third-order valence-electron chi connectivity index (χ3n) is 5.16. The zero-order valence-electron chi connectivity index (χ0n) is 14.0. The van der Waals surface area contributed by atoms with Gasteiger partial charge in [-0.3, -0.25) is 9.89 Å². The lowest BCUT2D eigenvalue weighted by molar-refractivity contribution is -0.132. The van der Waals surface area contributed by atoms with E-state index in [9.17, 15) is 4.79 Å². The second kappa shape index (κ2) is 8.43. The predicted molar refractivity (Wildman–Crippen MR) is 89.1 cm³/mol. The van der Waals surface area contributed by atoms with Crippen molar-refractivity contribution in [3.8, 4) is 0 Å². The molecule has 0 radical (unpaired) electrons. The van der Waals surface area contributed by atoms with E-state index in [-0.39, 0.29) is 0 Å². The van der Waals surface area contributed by atoms with E-state index in [1.807, 2.05) is 4.90 Å². The van der Waals surface area contributed by atoms with Crippen LogP contribution in [0.5, 0.6) is 0 Å². The Kier molecular flexibility index (Phi) is 6.02. The van der Waals surface area contributed by atoms with Gasteiger partial charge in [-0.15, -0.1) is 0 Å². The number of rotatable bonds is 5. The van der Waals surface area contributed by atoms with Crippen LogP contribution in [0.25, 0.3) is 0 Å². The van der Waals surface area contributed by atoms with Crippen molar-refractivity contribution in [2.75, 3.05) is 32.7 Å². The standard InChI is InChI=1S/C17H29N5O/c23-16(8-6-11-21-9-3-1-2-4-10-21)22-12-5-7-15(13-22)17-18-14-19-20-17/h14-15H,1-13H2,(H,18,19,20)/t15-/m1/s1. The maximum absolute atomic E-state index is 12.5. The van der Waals surface area contributed by atoms with Crippen LogP contribution in [0.4, 0.5) is 0 Å². The average molecular weight is 319 g/mol. The molecular weight excluding hydrogens is 290 g/mol. The largest absolute Gasteiger partial charge is 0.342 e. The van der Waals surface area contributed by atoms with E-state index in [4.69, 9.17) is 0 Å². The summed E-state index contributed by atoms with van der Waals surface area (Å²) >= 11 is 0. The first kappa shape index (κ1) is 16.4. The van der Waals surface area contributed by atoms with E-state index in [1.54, 1.807) is 6.33 Å². The summed E-state index contributed by atoms with van der Waals surface area (Å²) in [6.45, 7) is 5.19. The molecule has 23 heavy (non-hydrogen) atoms. The highest BCUT2D eigenvalue weighted by Gasteiger charge is 2.26. The van der Waals surface area contributed by atoms with Gasteiger partial charge in [-0.05, 0) is 51.7 Å². The van der Waals surface area contributed by atoms with Gasteiger partial charge < -0.3 is 9.80 Å². The third-order valence-corrected chi connectivity index (χ3v) is 5.16. The fraction of sp³-hybridized carbons (Fsp3) is 0.824. The topological polar surface area (TPSA) is 65.1 Å². The second-order valence-electron chi connectivity index (χ2n) is 6.91. The highest BCUT2D eigenvalue weighted by Crippen LogP contribution is 2.24. The van der Waals surface area contributed by atoms with Gasteiger partial charge >= 0.3 is 0 Å². The molecule has 1 atom stereocenters. The van der Waals surface area contributed by atoms with Crippen LogP contribution >= 0.6 is 0 Å². The van der Waals surface area contributed by atoms with Crippen LogP contribution < -0.4 is 0 Å². The minimum Gasteiger partial charge on any atom is -0.342 e. The Hall–Kier alpha value is -1.43. The van der Waals surface area contributed by atoms with Crippen molar-refractivity contribution in [1.82, 2.24) is 25.0 Å². The Morgan fingerprint density at radius 1 is 1.17 bits per heavy atom. The molecule has 0 unspecified atom stereocenters. The Labute approximate surface area is 138 Å². The Morgan fingerprint density at radius 3 is 2.74 bits per heavy atom. The molecule has 6 nitrogen and oxygen atoms in total. The van der Waals surface area contributed by atoms with Crippen molar-refractivity contribution < 1.29 is 4.79 Å². The summed E-state index contributed by atoms with van der Waals surface area (Å²) in [4.78, 5) is 21.3. The maximum atomic E-state index is 12.5. The Balaban J connectivity index is 1.40. The number of aromatic amines is 1. The van der Waals surface area contributed by atoms with Crippen LogP contribution in [0, 0.1) is 0 Å². The minimum absolute atomic E-state index is 0.309. The monoisotopic (exact) mass is 319 g/mol. The molecule has 0 aliphatic carbocycles. The molecule has 2 aliphatic rings. The zero-order chi connectivity index (χ0) is 15.9. The van der Waals surface area contributed by atoms with Gasteiger partial charge in [-0.2, -0.15) is 5.10 Å². The number of nitrogens with zero attached hydrogens (tertiary/aromatic N) is 4. The fourth-order valence-electron chi connectivity index (χ4n) is 3.81. The van der Waals surface area contributed by atoms with Gasteiger partial charge in [0.05, 0.1) is 0 Å². The molecule has 0 spiro atoms. The number of hydrogen-bond acceptors (Lipinski definition) is 4. The summed E-state index contributed by atoms with van der Waals surface area (Å²) in [7, 11) is 0. The normalized spacial score (nSPS) is 23.7. The van der Waals surface area contributed by atoms with Crippen LogP contribution in [0.15, 0.2) is 6.33 Å². The molecule has 0 aromatic carbocycles. The van der Waals surface area contributed by atoms with Crippen molar-refractivity contribution in [2.45, 2.75) is 57.3 Å². The van der Waals surface area contributed by atoms with E-state index >= 15 is 0 Å². The number of H-pyrrole nitrogens is 1. The van der Waals surface area contributed by atoms with Crippen molar-refractivity contribution in [1.29, 1.82) is 0 Å². The second-order valence-corrected chi connectivity index (χ2v) is 6.91. The van der Waals surface area contributed by atoms with Crippen molar-refractivity contribution >= 4 is 5.91 Å². The van der Waals surface area contributed by atoms with E-state index in [0.29, 0.717) is 18.2 Å². The summed E-state index contributed by atoms with van der Waals surface area (Å²) in [5, 5.41) is 6.88. The Morgan fingerprint density at radius 2 is 2.00 bits per heavy atom. The van der Waals surface area contributed by atoms with Crippen LogP contribution in [0.1, 0.15) is 63.1 Å². The van der Waals surface area contributed by atoms with E-state index in [2.05, 4.69) is 20.1 Å². The SMILES string of the molecule is O=C(CCCN1CCCCCC1)N1CCC[C@@H](c2ncn[nH]2)C1. The summed E-state index contributed by atoms with van der Waals surface area (Å²) in [5.41, 5.74) is 0. The lowest BCUT2D eigenvalue weighted by atomic mass is 9.97. The van der Waals surface area contributed by atoms with Crippen molar-refractivity contribution in [3.63, 3.8) is 0 Å². The Bertz CT molecular complexity index is 467. The van der Waals surface area contributed by atoms with Crippen molar-refractivity contribution in [3.05, 3.63) is 12.2 Å². The van der Waals surface area contributed by atoms with E-state index < -0.39 is 0 Å². The first-order chi connectivity index (χ1) is 11.3. The number of carbonyl (C=O) groups is 1. The molecule has 1 aromatic heterocycles. The van der Waals surface area contributed by atoms with Gasteiger partial charge in [0.25, 0.3) is 0 Å². The smallest absolute Gasteiger partial charge is 0.222 e. The highest BCUT2D eigenvalue weighted by atomic mass is 16.2. The highest BCUT2D eigenvalue weighted by molar-refractivity contribution is 5.76. The van der Waals surface area contributed by atoms with Gasteiger partial charge in [-0.1, -0.05) is 12.8 Å². The maximum Gasteiger partial charge on any atom is 0.222 e. The average Bonchev–Trinajstić information content (AvgIpc) is 3.00. The first-order valence-electron chi connectivity index (χ1n) is 9.18. The van der Waals surface area contributed by atoms with Gasteiger partial charge in [0, 0.05) is 25.4 Å².